The number of rotatable bonds is 14. The van der Waals surface area contributed by atoms with E-state index in [-0.39, 0.29) is 33.0 Å². The van der Waals surface area contributed by atoms with Gasteiger partial charge in [-0.1, -0.05) is 24.3 Å². The van der Waals surface area contributed by atoms with Crippen LogP contribution in [-0.2, 0) is 38.1 Å². The zero-order chi connectivity index (χ0) is 29.3. The first-order valence-corrected chi connectivity index (χ1v) is 12.8. The van der Waals surface area contributed by atoms with Crippen LogP contribution in [0.4, 0.5) is 0 Å². The fraction of sp³-hybridized carbons (Fsp3) is 0.429. The Labute approximate surface area is 231 Å². The molecule has 3 rings (SSSR count). The molecule has 2 aromatic carbocycles. The smallest absolute Gasteiger partial charge is 0.422 e. The van der Waals surface area contributed by atoms with Gasteiger partial charge in [-0.3, -0.25) is 4.90 Å². The average Bonchev–Trinajstić information content (AvgIpc) is 3.20. The molecule has 0 spiro atoms. The van der Waals surface area contributed by atoms with Crippen molar-refractivity contribution < 1.29 is 52.7 Å². The van der Waals surface area contributed by atoms with Crippen molar-refractivity contribution in [2.75, 3.05) is 33.0 Å². The maximum Gasteiger partial charge on any atom is 0.422 e. The molecule has 2 atom stereocenters. The van der Waals surface area contributed by atoms with Crippen molar-refractivity contribution in [1.82, 2.24) is 4.90 Å². The summed E-state index contributed by atoms with van der Waals surface area (Å²) >= 11 is 0. The Morgan fingerprint density at radius 2 is 1.15 bits per heavy atom. The Bertz CT molecular complexity index is 1090. The summed E-state index contributed by atoms with van der Waals surface area (Å²) in [6, 6.07) is 13.1. The molecular weight excluding hydrogens is 526 g/mol. The molecule has 1 aliphatic rings. The molecule has 0 bridgehead atoms. The van der Waals surface area contributed by atoms with E-state index < -0.39 is 41.9 Å². The maximum absolute atomic E-state index is 11.7. The van der Waals surface area contributed by atoms with Crippen LogP contribution >= 0.6 is 0 Å². The van der Waals surface area contributed by atoms with Gasteiger partial charge in [0.25, 0.3) is 0 Å². The van der Waals surface area contributed by atoms with E-state index in [9.17, 15) is 24.3 Å². The van der Waals surface area contributed by atoms with Gasteiger partial charge in [-0.15, -0.1) is 0 Å². The first-order chi connectivity index (χ1) is 19.0. The molecule has 12 nitrogen and oxygen atoms in total. The van der Waals surface area contributed by atoms with Crippen molar-refractivity contribution in [2.45, 2.75) is 45.8 Å². The minimum absolute atomic E-state index is 0.227. The molecule has 2 unspecified atom stereocenters. The van der Waals surface area contributed by atoms with Crippen molar-refractivity contribution in [3.8, 4) is 11.5 Å². The molecule has 1 saturated heterocycles. The van der Waals surface area contributed by atoms with Crippen molar-refractivity contribution in [3.63, 3.8) is 0 Å². The highest BCUT2D eigenvalue weighted by Gasteiger charge is 2.50. The van der Waals surface area contributed by atoms with E-state index in [1.807, 2.05) is 13.8 Å². The van der Waals surface area contributed by atoms with Crippen molar-refractivity contribution in [3.05, 3.63) is 59.7 Å². The third-order valence-electron chi connectivity index (χ3n) is 6.10. The monoisotopic (exact) mass is 559 g/mol. The Morgan fingerprint density at radius 1 is 0.775 bits per heavy atom. The predicted molar refractivity (Wildman–Crippen MR) is 138 cm³/mol. The third kappa shape index (κ3) is 8.17. The molecule has 0 aromatic heterocycles. The highest BCUT2D eigenvalue weighted by molar-refractivity contribution is 6.31. The lowest BCUT2D eigenvalue weighted by molar-refractivity contribution is -0.301. The van der Waals surface area contributed by atoms with Gasteiger partial charge >= 0.3 is 29.9 Å². The summed E-state index contributed by atoms with van der Waals surface area (Å²) in [7, 11) is 0. The van der Waals surface area contributed by atoms with Crippen molar-refractivity contribution >= 4 is 23.9 Å². The van der Waals surface area contributed by atoms with Gasteiger partial charge in [-0.25, -0.2) is 19.2 Å². The van der Waals surface area contributed by atoms with Gasteiger partial charge in [0.2, 0.25) is 0 Å². The molecule has 40 heavy (non-hydrogen) atoms. The summed E-state index contributed by atoms with van der Waals surface area (Å²) in [4.78, 5) is 48.2. The highest BCUT2D eigenvalue weighted by atomic mass is 16.9. The molecule has 12 heteroatoms. The zero-order valence-electron chi connectivity index (χ0n) is 22.8. The minimum Gasteiger partial charge on any atom is -0.482 e. The van der Waals surface area contributed by atoms with Crippen LogP contribution in [0.15, 0.2) is 48.5 Å². The van der Waals surface area contributed by atoms with Gasteiger partial charge in [0.1, 0.15) is 18.0 Å². The van der Waals surface area contributed by atoms with Gasteiger partial charge in [0.05, 0.1) is 13.2 Å². The van der Waals surface area contributed by atoms with Crippen LogP contribution in [-0.4, -0.2) is 72.8 Å². The molecule has 1 fully saturated rings. The number of aliphatic hydroxyl groups is 1. The van der Waals surface area contributed by atoms with E-state index in [0.29, 0.717) is 11.5 Å². The number of benzene rings is 2. The van der Waals surface area contributed by atoms with Crippen LogP contribution in [0.2, 0.25) is 0 Å². The second-order valence-electron chi connectivity index (χ2n) is 8.84. The van der Waals surface area contributed by atoms with E-state index in [1.54, 1.807) is 67.3 Å². The number of hydrogen-bond donors (Lipinski definition) is 1. The topological polar surface area (TPSA) is 147 Å². The van der Waals surface area contributed by atoms with Crippen LogP contribution in [0, 0.1) is 0 Å². The van der Waals surface area contributed by atoms with Crippen LogP contribution in [0.25, 0.3) is 0 Å². The van der Waals surface area contributed by atoms with E-state index >= 15 is 0 Å². The van der Waals surface area contributed by atoms with Gasteiger partial charge in [-0.05, 0) is 63.1 Å². The van der Waals surface area contributed by atoms with Gasteiger partial charge in [0, 0.05) is 12.1 Å². The first kappa shape index (κ1) is 30.4. The zero-order valence-corrected chi connectivity index (χ0v) is 22.8. The Hall–Kier alpha value is -4.16. The fourth-order valence-electron chi connectivity index (χ4n) is 4.06. The maximum atomic E-state index is 11.7. The van der Waals surface area contributed by atoms with E-state index in [0.717, 1.165) is 11.1 Å². The van der Waals surface area contributed by atoms with Crippen molar-refractivity contribution in [2.24, 2.45) is 0 Å². The quantitative estimate of drug-likeness (QED) is 0.206. The number of carbonyl (C=O) groups is 4. The minimum atomic E-state index is -2.47. The molecule has 1 N–H and O–H groups in total. The van der Waals surface area contributed by atoms with Gasteiger partial charge in [0.15, 0.2) is 13.2 Å². The molecule has 216 valence electrons. The molecule has 0 radical (unpaired) electrons. The SMILES string of the molecule is CCOC(=O)COc1ccc(C(C)N(CC2(O)OC(=O)C(=O)O2)C(C)c2ccc(OCC(=O)OCC)cc2)cc1. The molecular formula is C28H33NO11. The molecule has 0 aliphatic carbocycles. The molecule has 1 aliphatic heterocycles. The summed E-state index contributed by atoms with van der Waals surface area (Å²) in [5.41, 5.74) is 1.59. The Kier molecular flexibility index (Phi) is 10.5. The molecule has 1 heterocycles. The van der Waals surface area contributed by atoms with Crippen LogP contribution in [0.5, 0.6) is 11.5 Å². The average molecular weight is 560 g/mol. The standard InChI is InChI=1S/C28H33NO11/c1-5-35-24(30)15-37-22-11-7-20(8-12-22)18(3)29(17-28(34)39-26(32)27(33)40-28)19(4)21-9-13-23(14-10-21)38-16-25(31)36-6-2/h7-14,18-19,34H,5-6,15-17H2,1-4H3. The summed E-state index contributed by atoms with van der Waals surface area (Å²) in [6.07, 6.45) is 0. The summed E-state index contributed by atoms with van der Waals surface area (Å²) < 4.78 is 30.3. The fourth-order valence-corrected chi connectivity index (χ4v) is 4.06. The number of carbonyl (C=O) groups excluding carboxylic acids is 4. The van der Waals surface area contributed by atoms with Gasteiger partial charge in [-0.2, -0.15) is 0 Å². The van der Waals surface area contributed by atoms with Gasteiger partial charge < -0.3 is 33.5 Å². The molecule has 2 aromatic rings. The Balaban J connectivity index is 1.78. The lowest BCUT2D eigenvalue weighted by atomic mass is 10.0. The number of cyclic esters (lactones) is 2. The summed E-state index contributed by atoms with van der Waals surface area (Å²) in [6.45, 7) is 6.85. The van der Waals surface area contributed by atoms with Crippen LogP contribution in [0.1, 0.15) is 50.9 Å². The summed E-state index contributed by atoms with van der Waals surface area (Å²) in [5.74, 6) is -5.08. The summed E-state index contributed by atoms with van der Waals surface area (Å²) in [5, 5.41) is 10.8. The van der Waals surface area contributed by atoms with Crippen LogP contribution in [0.3, 0.4) is 0 Å². The largest absolute Gasteiger partial charge is 0.482 e. The third-order valence-corrected chi connectivity index (χ3v) is 6.10. The predicted octanol–water partition coefficient (Wildman–Crippen LogP) is 2.44. The molecule has 0 saturated carbocycles. The number of hydrogen-bond acceptors (Lipinski definition) is 12. The first-order valence-electron chi connectivity index (χ1n) is 12.8. The number of nitrogens with zero attached hydrogens (tertiary/aromatic N) is 1. The molecule has 0 amide bonds. The van der Waals surface area contributed by atoms with Crippen molar-refractivity contribution in [1.29, 1.82) is 0 Å². The van der Waals surface area contributed by atoms with Crippen LogP contribution < -0.4 is 9.47 Å². The van der Waals surface area contributed by atoms with E-state index in [1.165, 1.54) is 0 Å². The lowest BCUT2D eigenvalue weighted by Gasteiger charge is -2.37. The lowest BCUT2D eigenvalue weighted by Crippen LogP contribution is -2.46. The number of esters is 4. The normalized spacial score (nSPS) is 15.6. The van der Waals surface area contributed by atoms with E-state index in [4.69, 9.17) is 28.4 Å². The Morgan fingerprint density at radius 3 is 1.50 bits per heavy atom. The number of ether oxygens (including phenoxy) is 6. The second-order valence-corrected chi connectivity index (χ2v) is 8.84. The highest BCUT2D eigenvalue weighted by Crippen LogP contribution is 2.35. The second kappa shape index (κ2) is 13.8. The van der Waals surface area contributed by atoms with E-state index in [2.05, 4.69) is 0 Å².